The number of rotatable bonds is 3. The molecule has 0 radical (unpaired) electrons. The van der Waals surface area contributed by atoms with E-state index >= 15 is 0 Å². The fraction of sp³-hybridized carbons (Fsp3) is 0.333. The van der Waals surface area contributed by atoms with Crippen LogP contribution in [0.25, 0.3) is 0 Å². The molecule has 0 saturated carbocycles. The molecule has 1 N–H and O–H groups in total. The normalized spacial score (nSPS) is 14.6. The lowest BCUT2D eigenvalue weighted by atomic mass is 10.2. The Kier molecular flexibility index (Phi) is 3.43. The highest BCUT2D eigenvalue weighted by Crippen LogP contribution is 2.21. The smallest absolute Gasteiger partial charge is 0.126 e. The van der Waals surface area contributed by atoms with Crippen molar-refractivity contribution in [2.75, 3.05) is 32.2 Å². The molecular weight excluding hydrogens is 241 g/mol. The fourth-order valence-corrected chi connectivity index (χ4v) is 2.00. The van der Waals surface area contributed by atoms with Crippen LogP contribution in [0.15, 0.2) is 30.1 Å². The number of anilines is 1. The molecule has 0 atom stereocenters. The van der Waals surface area contributed by atoms with Gasteiger partial charge in [0.2, 0.25) is 0 Å². The van der Waals surface area contributed by atoms with Gasteiger partial charge in [-0.25, -0.2) is 4.39 Å². The summed E-state index contributed by atoms with van der Waals surface area (Å²) in [7, 11) is 3.91. The predicted molar refractivity (Wildman–Crippen MR) is 68.5 cm³/mol. The SMILES string of the molecule is CN1C=C(CN(C)c2cc(F)cc(Cl)c2)NC1. The molecule has 0 spiro atoms. The maximum Gasteiger partial charge on any atom is 0.126 e. The predicted octanol–water partition coefficient (Wildman–Crippen LogP) is 2.25. The van der Waals surface area contributed by atoms with Gasteiger partial charge in [0.05, 0.1) is 13.2 Å². The van der Waals surface area contributed by atoms with Gasteiger partial charge in [-0.2, -0.15) is 0 Å². The molecule has 17 heavy (non-hydrogen) atoms. The van der Waals surface area contributed by atoms with Crippen LogP contribution in [0.2, 0.25) is 5.02 Å². The van der Waals surface area contributed by atoms with Gasteiger partial charge in [0, 0.05) is 36.7 Å². The van der Waals surface area contributed by atoms with Gasteiger partial charge in [0.15, 0.2) is 0 Å². The van der Waals surface area contributed by atoms with E-state index in [1.54, 1.807) is 6.07 Å². The van der Waals surface area contributed by atoms with E-state index in [4.69, 9.17) is 11.6 Å². The van der Waals surface area contributed by atoms with E-state index < -0.39 is 0 Å². The lowest BCUT2D eigenvalue weighted by Crippen LogP contribution is -2.26. The lowest BCUT2D eigenvalue weighted by Gasteiger charge is -2.20. The molecule has 0 fully saturated rings. The van der Waals surface area contributed by atoms with Crippen molar-refractivity contribution in [3.05, 3.63) is 40.9 Å². The lowest BCUT2D eigenvalue weighted by molar-refractivity contribution is 0.473. The van der Waals surface area contributed by atoms with Gasteiger partial charge in [0.25, 0.3) is 0 Å². The molecule has 0 aliphatic carbocycles. The highest BCUT2D eigenvalue weighted by Gasteiger charge is 2.11. The summed E-state index contributed by atoms with van der Waals surface area (Å²) in [4.78, 5) is 4.01. The van der Waals surface area contributed by atoms with Gasteiger partial charge in [-0.3, -0.25) is 0 Å². The summed E-state index contributed by atoms with van der Waals surface area (Å²) in [5, 5.41) is 3.67. The molecule has 0 unspecified atom stereocenters. The van der Waals surface area contributed by atoms with Crippen LogP contribution in [-0.4, -0.2) is 32.2 Å². The van der Waals surface area contributed by atoms with Crippen LogP contribution in [0, 0.1) is 5.82 Å². The van der Waals surface area contributed by atoms with E-state index in [-0.39, 0.29) is 5.82 Å². The summed E-state index contributed by atoms with van der Waals surface area (Å²) in [6.45, 7) is 1.51. The highest BCUT2D eigenvalue weighted by atomic mass is 35.5. The van der Waals surface area contributed by atoms with Crippen LogP contribution < -0.4 is 10.2 Å². The first-order valence-electron chi connectivity index (χ1n) is 5.36. The third-order valence-electron chi connectivity index (χ3n) is 2.63. The van der Waals surface area contributed by atoms with E-state index in [0.29, 0.717) is 11.6 Å². The zero-order valence-electron chi connectivity index (χ0n) is 9.87. The second-order valence-electron chi connectivity index (χ2n) is 4.23. The summed E-state index contributed by atoms with van der Waals surface area (Å²) in [5.41, 5.74) is 1.88. The van der Waals surface area contributed by atoms with Crippen molar-refractivity contribution < 1.29 is 4.39 Å². The van der Waals surface area contributed by atoms with E-state index in [2.05, 4.69) is 10.2 Å². The van der Waals surface area contributed by atoms with Crippen molar-refractivity contribution >= 4 is 17.3 Å². The molecule has 1 aromatic rings. The van der Waals surface area contributed by atoms with Gasteiger partial charge >= 0.3 is 0 Å². The Morgan fingerprint density at radius 1 is 1.47 bits per heavy atom. The zero-order valence-corrected chi connectivity index (χ0v) is 10.6. The van der Waals surface area contributed by atoms with Crippen LogP contribution in [0.3, 0.4) is 0 Å². The fourth-order valence-electron chi connectivity index (χ4n) is 1.79. The van der Waals surface area contributed by atoms with Crippen LogP contribution in [0.5, 0.6) is 0 Å². The topological polar surface area (TPSA) is 18.5 Å². The third kappa shape index (κ3) is 3.03. The van der Waals surface area contributed by atoms with Crippen molar-refractivity contribution in [1.29, 1.82) is 0 Å². The average Bonchev–Trinajstić information content (AvgIpc) is 2.62. The molecule has 0 saturated heterocycles. The van der Waals surface area contributed by atoms with Gasteiger partial charge in [-0.05, 0) is 18.2 Å². The quantitative estimate of drug-likeness (QED) is 0.894. The number of hydrogen-bond acceptors (Lipinski definition) is 3. The van der Waals surface area contributed by atoms with Crippen LogP contribution in [0.4, 0.5) is 10.1 Å². The van der Waals surface area contributed by atoms with Crippen LogP contribution in [-0.2, 0) is 0 Å². The van der Waals surface area contributed by atoms with E-state index in [9.17, 15) is 4.39 Å². The molecule has 2 rings (SSSR count). The Hall–Kier alpha value is -1.42. The molecule has 0 aromatic heterocycles. The van der Waals surface area contributed by atoms with Crippen molar-refractivity contribution in [3.63, 3.8) is 0 Å². The van der Waals surface area contributed by atoms with Gasteiger partial charge in [-0.1, -0.05) is 11.6 Å². The van der Waals surface area contributed by atoms with Gasteiger partial charge < -0.3 is 15.1 Å². The Morgan fingerprint density at radius 3 is 2.82 bits per heavy atom. The van der Waals surface area contributed by atoms with Crippen molar-refractivity contribution in [2.24, 2.45) is 0 Å². The summed E-state index contributed by atoms with van der Waals surface area (Å²) >= 11 is 5.83. The molecular formula is C12H15ClFN3. The second kappa shape index (κ2) is 4.84. The molecule has 3 nitrogen and oxygen atoms in total. The molecule has 5 heteroatoms. The van der Waals surface area contributed by atoms with Crippen LogP contribution in [0.1, 0.15) is 0 Å². The number of halogens is 2. The minimum Gasteiger partial charge on any atom is -0.369 e. The molecule has 1 aromatic carbocycles. The summed E-state index contributed by atoms with van der Waals surface area (Å²) in [6.07, 6.45) is 2.04. The Morgan fingerprint density at radius 2 is 2.24 bits per heavy atom. The summed E-state index contributed by atoms with van der Waals surface area (Å²) < 4.78 is 13.2. The van der Waals surface area contributed by atoms with Gasteiger partial charge in [0.1, 0.15) is 5.82 Å². The van der Waals surface area contributed by atoms with Crippen molar-refractivity contribution in [3.8, 4) is 0 Å². The Balaban J connectivity index is 2.09. The maximum absolute atomic E-state index is 13.2. The minimum atomic E-state index is -0.315. The Bertz CT molecular complexity index is 427. The van der Waals surface area contributed by atoms with Gasteiger partial charge in [-0.15, -0.1) is 0 Å². The van der Waals surface area contributed by atoms with Crippen molar-refractivity contribution in [1.82, 2.24) is 10.2 Å². The molecule has 0 amide bonds. The Labute approximate surface area is 105 Å². The second-order valence-corrected chi connectivity index (χ2v) is 4.67. The number of nitrogens with one attached hydrogen (secondary N) is 1. The standard InChI is InChI=1S/C12H15ClFN3/c1-16-6-11(15-8-16)7-17(2)12-4-9(13)3-10(14)5-12/h3-6,15H,7-8H2,1-2H3. The molecule has 1 aliphatic rings. The van der Waals surface area contributed by atoms with E-state index in [1.807, 2.05) is 25.2 Å². The molecule has 92 valence electrons. The van der Waals surface area contributed by atoms with E-state index in [0.717, 1.165) is 18.1 Å². The number of benzene rings is 1. The first-order valence-corrected chi connectivity index (χ1v) is 5.74. The molecule has 0 bridgehead atoms. The first kappa shape index (κ1) is 12.0. The maximum atomic E-state index is 13.2. The summed E-state index contributed by atoms with van der Waals surface area (Å²) in [6, 6.07) is 4.54. The number of hydrogen-bond donors (Lipinski definition) is 1. The minimum absolute atomic E-state index is 0.315. The average molecular weight is 256 g/mol. The zero-order chi connectivity index (χ0) is 12.4. The molecule has 1 aliphatic heterocycles. The number of nitrogens with zero attached hydrogens (tertiary/aromatic N) is 2. The van der Waals surface area contributed by atoms with Crippen LogP contribution >= 0.6 is 11.6 Å². The molecule has 1 heterocycles. The number of likely N-dealkylation sites (N-methyl/N-ethyl adjacent to an activating group) is 1. The first-order chi connectivity index (χ1) is 8.04. The van der Waals surface area contributed by atoms with Crippen molar-refractivity contribution in [2.45, 2.75) is 0 Å². The summed E-state index contributed by atoms with van der Waals surface area (Å²) in [5.74, 6) is -0.315. The highest BCUT2D eigenvalue weighted by molar-refractivity contribution is 6.30. The third-order valence-corrected chi connectivity index (χ3v) is 2.85. The monoisotopic (exact) mass is 255 g/mol. The van der Waals surface area contributed by atoms with E-state index in [1.165, 1.54) is 12.1 Å². The largest absolute Gasteiger partial charge is 0.369 e.